The molecular weight excluding hydrogens is 482 g/mol. The number of fused-ring (bicyclic) bond motifs is 9. The molecule has 0 atom stereocenters. The Morgan fingerprint density at radius 1 is 0.450 bits per heavy atom. The van der Waals surface area contributed by atoms with Gasteiger partial charge in [0.1, 0.15) is 0 Å². The van der Waals surface area contributed by atoms with Crippen LogP contribution in [-0.2, 0) is 6.42 Å². The lowest BCUT2D eigenvalue weighted by Crippen LogP contribution is -1.98. The van der Waals surface area contributed by atoms with E-state index in [2.05, 4.69) is 146 Å². The number of benzene rings is 7. The van der Waals surface area contributed by atoms with Crippen LogP contribution in [0.25, 0.3) is 70.9 Å². The van der Waals surface area contributed by atoms with E-state index in [1.807, 2.05) is 0 Å². The zero-order chi connectivity index (χ0) is 26.8. The third-order valence-corrected chi connectivity index (χ3v) is 8.69. The molecule has 190 valence electrons. The SMILES string of the molecule is CCc1ccc(-n2c3ccccc3c3ccccc32)cc1-c1cc2c3ccccc3c3ccccc3c2cc1C. The number of para-hydroxylation sites is 2. The summed E-state index contributed by atoms with van der Waals surface area (Å²) in [6.07, 6.45) is 0.985. The molecule has 1 heteroatoms. The largest absolute Gasteiger partial charge is 0.309 e. The molecule has 8 aromatic rings. The second kappa shape index (κ2) is 8.83. The fraction of sp³-hybridized carbons (Fsp3) is 0.0769. The van der Waals surface area contributed by atoms with Gasteiger partial charge in [-0.3, -0.25) is 0 Å². The highest BCUT2D eigenvalue weighted by atomic mass is 15.0. The van der Waals surface area contributed by atoms with E-state index in [9.17, 15) is 0 Å². The van der Waals surface area contributed by atoms with Gasteiger partial charge in [-0.15, -0.1) is 0 Å². The van der Waals surface area contributed by atoms with E-state index in [0.717, 1.165) is 6.42 Å². The van der Waals surface area contributed by atoms with Crippen molar-refractivity contribution in [2.45, 2.75) is 20.3 Å². The summed E-state index contributed by atoms with van der Waals surface area (Å²) in [5.74, 6) is 0. The summed E-state index contributed by atoms with van der Waals surface area (Å²) >= 11 is 0. The molecule has 0 radical (unpaired) electrons. The number of hydrogen-bond acceptors (Lipinski definition) is 0. The highest BCUT2D eigenvalue weighted by molar-refractivity contribution is 6.26. The fourth-order valence-electron chi connectivity index (χ4n) is 6.81. The van der Waals surface area contributed by atoms with Gasteiger partial charge >= 0.3 is 0 Å². The molecule has 0 aliphatic rings. The van der Waals surface area contributed by atoms with Gasteiger partial charge in [0.2, 0.25) is 0 Å². The molecule has 0 aliphatic carbocycles. The van der Waals surface area contributed by atoms with Gasteiger partial charge in [0.05, 0.1) is 11.0 Å². The van der Waals surface area contributed by atoms with Gasteiger partial charge in [-0.2, -0.15) is 0 Å². The van der Waals surface area contributed by atoms with E-state index in [4.69, 9.17) is 0 Å². The minimum atomic E-state index is 0.985. The molecule has 8 rings (SSSR count). The van der Waals surface area contributed by atoms with Gasteiger partial charge in [-0.1, -0.05) is 104 Å². The van der Waals surface area contributed by atoms with Crippen LogP contribution >= 0.6 is 0 Å². The van der Waals surface area contributed by atoms with Gasteiger partial charge in [0.25, 0.3) is 0 Å². The maximum Gasteiger partial charge on any atom is 0.0541 e. The molecule has 40 heavy (non-hydrogen) atoms. The summed E-state index contributed by atoms with van der Waals surface area (Å²) in [4.78, 5) is 0. The van der Waals surface area contributed by atoms with Crippen LogP contribution in [0.15, 0.2) is 127 Å². The Labute approximate surface area is 233 Å². The van der Waals surface area contributed by atoms with Crippen molar-refractivity contribution in [1.82, 2.24) is 4.57 Å². The Bertz CT molecular complexity index is 2210. The lowest BCUT2D eigenvalue weighted by molar-refractivity contribution is 1.12. The van der Waals surface area contributed by atoms with E-state index >= 15 is 0 Å². The Morgan fingerprint density at radius 2 is 0.925 bits per heavy atom. The van der Waals surface area contributed by atoms with Crippen molar-refractivity contribution in [3.63, 3.8) is 0 Å². The molecule has 1 aromatic heterocycles. The lowest BCUT2D eigenvalue weighted by Gasteiger charge is -2.18. The van der Waals surface area contributed by atoms with Crippen LogP contribution in [0.5, 0.6) is 0 Å². The fourth-order valence-corrected chi connectivity index (χ4v) is 6.81. The van der Waals surface area contributed by atoms with Gasteiger partial charge < -0.3 is 4.57 Å². The maximum atomic E-state index is 2.45. The normalized spacial score (nSPS) is 11.8. The van der Waals surface area contributed by atoms with Crippen molar-refractivity contribution in [1.29, 1.82) is 0 Å². The first-order valence-electron chi connectivity index (χ1n) is 14.2. The first-order valence-corrected chi connectivity index (χ1v) is 14.2. The Balaban J connectivity index is 1.44. The highest BCUT2D eigenvalue weighted by Crippen LogP contribution is 2.40. The molecule has 0 saturated heterocycles. The number of rotatable bonds is 3. The molecule has 0 spiro atoms. The van der Waals surface area contributed by atoms with E-state index in [0.29, 0.717) is 0 Å². The van der Waals surface area contributed by atoms with Crippen molar-refractivity contribution in [2.75, 3.05) is 0 Å². The minimum Gasteiger partial charge on any atom is -0.309 e. The summed E-state index contributed by atoms with van der Waals surface area (Å²) in [6, 6.07) is 47.1. The van der Waals surface area contributed by atoms with E-state index in [1.165, 1.54) is 82.1 Å². The number of aromatic nitrogens is 1. The minimum absolute atomic E-state index is 0.985. The van der Waals surface area contributed by atoms with E-state index in [1.54, 1.807) is 0 Å². The Kier molecular flexibility index (Phi) is 5.09. The van der Waals surface area contributed by atoms with Crippen LogP contribution in [0, 0.1) is 6.92 Å². The smallest absolute Gasteiger partial charge is 0.0541 e. The average molecular weight is 512 g/mol. The molecule has 0 unspecified atom stereocenters. The predicted molar refractivity (Wildman–Crippen MR) is 173 cm³/mol. The first-order chi connectivity index (χ1) is 19.7. The van der Waals surface area contributed by atoms with Gasteiger partial charge in [0.15, 0.2) is 0 Å². The van der Waals surface area contributed by atoms with Crippen molar-refractivity contribution in [3.05, 3.63) is 139 Å². The molecule has 7 aromatic carbocycles. The van der Waals surface area contributed by atoms with E-state index < -0.39 is 0 Å². The Hall–Kier alpha value is -4.88. The topological polar surface area (TPSA) is 4.93 Å². The molecule has 0 fully saturated rings. The number of nitrogens with zero attached hydrogens (tertiary/aromatic N) is 1. The Morgan fingerprint density at radius 3 is 1.48 bits per heavy atom. The first kappa shape index (κ1) is 23.0. The number of aryl methyl sites for hydroxylation is 2. The zero-order valence-electron chi connectivity index (χ0n) is 22.8. The molecular formula is C39H29N. The second-order valence-corrected chi connectivity index (χ2v) is 10.9. The van der Waals surface area contributed by atoms with Crippen LogP contribution in [0.4, 0.5) is 0 Å². The molecule has 1 heterocycles. The average Bonchev–Trinajstić information content (AvgIpc) is 3.35. The monoisotopic (exact) mass is 511 g/mol. The lowest BCUT2D eigenvalue weighted by atomic mass is 9.88. The predicted octanol–water partition coefficient (Wildman–Crippen LogP) is 10.8. The van der Waals surface area contributed by atoms with Gasteiger partial charge in [-0.05, 0) is 98.2 Å². The molecule has 0 bridgehead atoms. The second-order valence-electron chi connectivity index (χ2n) is 10.9. The molecule has 0 aliphatic heterocycles. The van der Waals surface area contributed by atoms with Crippen LogP contribution in [0.1, 0.15) is 18.1 Å². The summed E-state index contributed by atoms with van der Waals surface area (Å²) in [6.45, 7) is 4.53. The molecule has 1 nitrogen and oxygen atoms in total. The van der Waals surface area contributed by atoms with Crippen molar-refractivity contribution in [3.8, 4) is 16.8 Å². The van der Waals surface area contributed by atoms with Crippen LogP contribution in [-0.4, -0.2) is 4.57 Å². The molecule has 0 saturated carbocycles. The third kappa shape index (κ3) is 3.28. The van der Waals surface area contributed by atoms with Crippen molar-refractivity contribution < 1.29 is 0 Å². The van der Waals surface area contributed by atoms with Crippen LogP contribution in [0.2, 0.25) is 0 Å². The van der Waals surface area contributed by atoms with E-state index in [-0.39, 0.29) is 0 Å². The highest BCUT2D eigenvalue weighted by Gasteiger charge is 2.16. The third-order valence-electron chi connectivity index (χ3n) is 8.69. The zero-order valence-corrected chi connectivity index (χ0v) is 22.8. The summed E-state index contributed by atoms with van der Waals surface area (Å²) in [5, 5.41) is 10.5. The summed E-state index contributed by atoms with van der Waals surface area (Å²) in [5.41, 5.74) is 9.00. The standard InChI is InChI=1S/C39H29N/c1-3-26-20-21-27(40-38-18-10-8-16-32(38)33-17-9-11-19-39(33)40)23-35(26)34-24-37-31-15-7-5-13-29(31)28-12-4-6-14-30(28)36(37)22-25(34)2/h4-24H,3H2,1-2H3. The quantitative estimate of drug-likeness (QED) is 0.208. The summed E-state index contributed by atoms with van der Waals surface area (Å²) in [7, 11) is 0. The van der Waals surface area contributed by atoms with Crippen molar-refractivity contribution in [2.24, 2.45) is 0 Å². The number of hydrogen-bond donors (Lipinski definition) is 0. The van der Waals surface area contributed by atoms with Crippen LogP contribution < -0.4 is 0 Å². The van der Waals surface area contributed by atoms with Crippen LogP contribution in [0.3, 0.4) is 0 Å². The molecule has 0 N–H and O–H groups in total. The van der Waals surface area contributed by atoms with Gasteiger partial charge in [0, 0.05) is 16.5 Å². The maximum absolute atomic E-state index is 2.45. The van der Waals surface area contributed by atoms with Gasteiger partial charge in [-0.25, -0.2) is 0 Å². The summed E-state index contributed by atoms with van der Waals surface area (Å²) < 4.78 is 2.42. The molecule has 0 amide bonds. The van der Waals surface area contributed by atoms with Crippen molar-refractivity contribution >= 4 is 54.1 Å².